The molecule has 0 bridgehead atoms. The topological polar surface area (TPSA) is 66.1 Å². The molecule has 0 fully saturated rings. The van der Waals surface area contributed by atoms with E-state index in [1.54, 1.807) is 13.8 Å². The Morgan fingerprint density at radius 2 is 1.93 bits per heavy atom. The van der Waals surface area contributed by atoms with Crippen LogP contribution < -0.4 is 5.69 Å². The number of esters is 1. The SMILES string of the molecule is CC(C)(OC(=O)C1CCCc2nn(Cc3cc(F)c(F)cc3F)c(=O)n21)C1=CC1. The van der Waals surface area contributed by atoms with E-state index in [2.05, 4.69) is 5.10 Å². The first-order valence-corrected chi connectivity index (χ1v) is 9.41. The summed E-state index contributed by atoms with van der Waals surface area (Å²) in [6.45, 7) is 3.22. The highest BCUT2D eigenvalue weighted by molar-refractivity contribution is 5.75. The normalized spacial score (nSPS) is 18.2. The zero-order valence-electron chi connectivity index (χ0n) is 16.0. The number of carbonyl (C=O) groups is 1. The summed E-state index contributed by atoms with van der Waals surface area (Å²) in [5, 5.41) is 4.18. The highest BCUT2D eigenvalue weighted by Gasteiger charge is 2.38. The van der Waals surface area contributed by atoms with E-state index in [9.17, 15) is 22.8 Å². The monoisotopic (exact) mass is 407 g/mol. The molecule has 0 amide bonds. The second-order valence-electron chi connectivity index (χ2n) is 7.86. The van der Waals surface area contributed by atoms with Crippen molar-refractivity contribution in [2.24, 2.45) is 0 Å². The lowest BCUT2D eigenvalue weighted by Crippen LogP contribution is -2.38. The van der Waals surface area contributed by atoms with E-state index < -0.39 is 40.8 Å². The second-order valence-corrected chi connectivity index (χ2v) is 7.86. The fourth-order valence-corrected chi connectivity index (χ4v) is 3.63. The minimum absolute atomic E-state index is 0.206. The molecule has 6 nitrogen and oxygen atoms in total. The summed E-state index contributed by atoms with van der Waals surface area (Å²) in [7, 11) is 0. The lowest BCUT2D eigenvalue weighted by Gasteiger charge is -2.28. The molecular formula is C20H20F3N3O3. The molecule has 154 valence electrons. The maximum absolute atomic E-state index is 14.0. The van der Waals surface area contributed by atoms with Crippen LogP contribution in [-0.2, 0) is 22.5 Å². The number of hydrogen-bond acceptors (Lipinski definition) is 4. The Balaban J connectivity index is 1.63. The molecule has 1 aliphatic carbocycles. The van der Waals surface area contributed by atoms with Crippen LogP contribution in [0.2, 0.25) is 0 Å². The number of allylic oxidation sites excluding steroid dienone is 1. The molecule has 1 aliphatic heterocycles. The molecule has 0 saturated heterocycles. The van der Waals surface area contributed by atoms with Crippen molar-refractivity contribution >= 4 is 5.97 Å². The van der Waals surface area contributed by atoms with Crippen molar-refractivity contribution in [3.8, 4) is 0 Å². The fraction of sp³-hybridized carbons (Fsp3) is 0.450. The maximum Gasteiger partial charge on any atom is 0.347 e. The van der Waals surface area contributed by atoms with E-state index in [1.165, 1.54) is 4.57 Å². The largest absolute Gasteiger partial charge is 0.454 e. The van der Waals surface area contributed by atoms with Crippen molar-refractivity contribution in [2.45, 2.75) is 57.7 Å². The van der Waals surface area contributed by atoms with Gasteiger partial charge in [-0.2, -0.15) is 5.10 Å². The van der Waals surface area contributed by atoms with Crippen molar-refractivity contribution in [2.75, 3.05) is 0 Å². The molecule has 1 atom stereocenters. The number of fused-ring (bicyclic) bond motifs is 1. The van der Waals surface area contributed by atoms with Crippen molar-refractivity contribution in [1.82, 2.24) is 14.3 Å². The van der Waals surface area contributed by atoms with Gasteiger partial charge in [0.05, 0.1) is 6.54 Å². The van der Waals surface area contributed by atoms with Crippen molar-refractivity contribution in [3.63, 3.8) is 0 Å². The summed E-state index contributed by atoms with van der Waals surface area (Å²) in [5.41, 5.74) is -0.529. The molecule has 1 aromatic carbocycles. The molecular weight excluding hydrogens is 387 g/mol. The Hall–Kier alpha value is -2.84. The van der Waals surface area contributed by atoms with Crippen molar-refractivity contribution in [1.29, 1.82) is 0 Å². The fourth-order valence-electron chi connectivity index (χ4n) is 3.63. The van der Waals surface area contributed by atoms with E-state index in [4.69, 9.17) is 4.74 Å². The third-order valence-corrected chi connectivity index (χ3v) is 5.35. The molecule has 1 aromatic heterocycles. The number of nitrogens with zero attached hydrogens (tertiary/aromatic N) is 3. The van der Waals surface area contributed by atoms with Gasteiger partial charge in [-0.25, -0.2) is 27.4 Å². The van der Waals surface area contributed by atoms with Gasteiger partial charge in [0.2, 0.25) is 0 Å². The Labute approximate surface area is 164 Å². The summed E-state index contributed by atoms with van der Waals surface area (Å²) in [4.78, 5) is 25.6. The lowest BCUT2D eigenvalue weighted by atomic mass is 10.0. The number of carbonyl (C=O) groups excluding carboxylic acids is 1. The van der Waals surface area contributed by atoms with E-state index in [0.29, 0.717) is 37.2 Å². The summed E-state index contributed by atoms with van der Waals surface area (Å²) in [6, 6.07) is 0.307. The van der Waals surface area contributed by atoms with Gasteiger partial charge >= 0.3 is 11.7 Å². The number of hydrogen-bond donors (Lipinski definition) is 0. The molecule has 4 rings (SSSR count). The van der Waals surface area contributed by atoms with E-state index in [-0.39, 0.29) is 12.1 Å². The third-order valence-electron chi connectivity index (χ3n) is 5.35. The number of aryl methyl sites for hydroxylation is 1. The maximum atomic E-state index is 14.0. The zero-order chi connectivity index (χ0) is 20.9. The summed E-state index contributed by atoms with van der Waals surface area (Å²) in [6.07, 6.45) is 4.31. The molecule has 2 aromatic rings. The van der Waals surface area contributed by atoms with Gasteiger partial charge in [-0.15, -0.1) is 0 Å². The molecule has 0 saturated carbocycles. The quantitative estimate of drug-likeness (QED) is 0.434. The lowest BCUT2D eigenvalue weighted by molar-refractivity contribution is -0.158. The van der Waals surface area contributed by atoms with Gasteiger partial charge in [-0.1, -0.05) is 6.08 Å². The van der Waals surface area contributed by atoms with Crippen LogP contribution in [0.4, 0.5) is 13.2 Å². The van der Waals surface area contributed by atoms with Crippen LogP contribution in [0.3, 0.4) is 0 Å². The zero-order valence-corrected chi connectivity index (χ0v) is 16.0. The first kappa shape index (κ1) is 19.5. The predicted octanol–water partition coefficient (Wildman–Crippen LogP) is 3.04. The van der Waals surface area contributed by atoms with Crippen LogP contribution in [0.25, 0.3) is 0 Å². The Morgan fingerprint density at radius 1 is 1.24 bits per heavy atom. The molecule has 0 radical (unpaired) electrons. The number of ether oxygens (including phenoxy) is 1. The van der Waals surface area contributed by atoms with Crippen LogP contribution in [0.1, 0.15) is 50.5 Å². The highest BCUT2D eigenvalue weighted by atomic mass is 19.2. The van der Waals surface area contributed by atoms with Gasteiger partial charge in [0.15, 0.2) is 11.6 Å². The van der Waals surface area contributed by atoms with Gasteiger partial charge in [0.25, 0.3) is 0 Å². The van der Waals surface area contributed by atoms with E-state index in [1.807, 2.05) is 6.08 Å². The Kier molecular flexibility index (Phi) is 4.63. The van der Waals surface area contributed by atoms with Crippen LogP contribution in [0.15, 0.2) is 28.6 Å². The van der Waals surface area contributed by atoms with Gasteiger partial charge in [0.1, 0.15) is 23.3 Å². The van der Waals surface area contributed by atoms with E-state index in [0.717, 1.165) is 16.7 Å². The molecule has 2 heterocycles. The summed E-state index contributed by atoms with van der Waals surface area (Å²) < 4.78 is 48.4. The molecule has 0 spiro atoms. The van der Waals surface area contributed by atoms with Gasteiger partial charge in [-0.3, -0.25) is 4.57 Å². The molecule has 29 heavy (non-hydrogen) atoms. The first-order valence-electron chi connectivity index (χ1n) is 9.41. The van der Waals surface area contributed by atoms with Gasteiger partial charge < -0.3 is 4.74 Å². The van der Waals surface area contributed by atoms with Crippen molar-refractivity contribution in [3.05, 3.63) is 63.1 Å². The Morgan fingerprint density at radius 3 is 2.62 bits per heavy atom. The predicted molar refractivity (Wildman–Crippen MR) is 96.8 cm³/mol. The molecule has 1 unspecified atom stereocenters. The number of halogens is 3. The smallest absolute Gasteiger partial charge is 0.347 e. The highest BCUT2D eigenvalue weighted by Crippen LogP contribution is 2.35. The minimum atomic E-state index is -1.31. The van der Waals surface area contributed by atoms with Crippen LogP contribution >= 0.6 is 0 Å². The van der Waals surface area contributed by atoms with Gasteiger partial charge in [0, 0.05) is 18.1 Å². The van der Waals surface area contributed by atoms with Crippen LogP contribution in [-0.4, -0.2) is 25.9 Å². The average Bonchev–Trinajstić information content (AvgIpc) is 3.46. The number of aromatic nitrogens is 3. The third kappa shape index (κ3) is 3.61. The number of rotatable bonds is 5. The van der Waals surface area contributed by atoms with Gasteiger partial charge in [-0.05, 0) is 44.7 Å². The second kappa shape index (κ2) is 6.89. The number of benzene rings is 1. The van der Waals surface area contributed by atoms with Crippen molar-refractivity contribution < 1.29 is 22.7 Å². The van der Waals surface area contributed by atoms with Crippen LogP contribution in [0.5, 0.6) is 0 Å². The van der Waals surface area contributed by atoms with Crippen LogP contribution in [0, 0.1) is 17.5 Å². The first-order chi connectivity index (χ1) is 13.7. The van der Waals surface area contributed by atoms with E-state index >= 15 is 0 Å². The minimum Gasteiger partial charge on any atom is -0.454 e. The Bertz CT molecular complexity index is 1080. The summed E-state index contributed by atoms with van der Waals surface area (Å²) in [5.74, 6) is -3.63. The summed E-state index contributed by atoms with van der Waals surface area (Å²) >= 11 is 0. The average molecular weight is 407 g/mol. The standard InChI is InChI=1S/C20H20F3N3O3/c1-20(2,12-6-7-12)29-18(27)16-4-3-5-17-24-25(19(28)26(16)17)10-11-8-14(22)15(23)9-13(11)21/h6,8-9,16H,3-5,7,10H2,1-2H3. The molecule has 0 N–H and O–H groups in total. The molecule has 2 aliphatic rings. The molecule has 9 heteroatoms.